The van der Waals surface area contributed by atoms with Gasteiger partial charge in [0, 0.05) is 14.0 Å². The number of hydrogen-bond acceptors (Lipinski definition) is 4. The molecule has 0 aromatic carbocycles. The number of rotatable bonds is 3. The highest BCUT2D eigenvalue weighted by Gasteiger charge is 2.04. The molecule has 0 aromatic rings. The number of carboxylic acid groups (broad SMARTS) is 2. The van der Waals surface area contributed by atoms with Gasteiger partial charge in [0.15, 0.2) is 0 Å². The van der Waals surface area contributed by atoms with Crippen LogP contribution in [0.5, 0.6) is 0 Å². The molecular weight excluding hydrogens is 180 g/mol. The number of carbonyl (C=O) groups is 2. The summed E-state index contributed by atoms with van der Waals surface area (Å²) in [6.45, 7) is 3.00. The summed E-state index contributed by atoms with van der Waals surface area (Å²) in [4.78, 5) is 18.8. The highest BCUT2D eigenvalue weighted by Crippen LogP contribution is 1.90. The van der Waals surface area contributed by atoms with Crippen LogP contribution in [0.2, 0.25) is 0 Å². The maximum Gasteiger partial charge on any atom is 0.506 e. The minimum absolute atomic E-state index is 0.298. The SMILES string of the molecule is CC(=O)O.COCC(C)OC(=O)O. The second kappa shape index (κ2) is 8.79. The van der Waals surface area contributed by atoms with E-state index in [4.69, 9.17) is 15.0 Å². The zero-order valence-electron chi connectivity index (χ0n) is 7.81. The molecule has 0 spiro atoms. The quantitative estimate of drug-likeness (QED) is 0.645. The zero-order valence-corrected chi connectivity index (χ0v) is 7.81. The van der Waals surface area contributed by atoms with Gasteiger partial charge in [-0.05, 0) is 6.92 Å². The lowest BCUT2D eigenvalue weighted by Gasteiger charge is -2.07. The Morgan fingerprint density at radius 2 is 1.77 bits per heavy atom. The molecule has 1 unspecified atom stereocenters. The van der Waals surface area contributed by atoms with Crippen LogP contribution in [-0.4, -0.2) is 42.2 Å². The van der Waals surface area contributed by atoms with Crippen molar-refractivity contribution < 1.29 is 29.3 Å². The van der Waals surface area contributed by atoms with Crippen molar-refractivity contribution in [1.29, 1.82) is 0 Å². The lowest BCUT2D eigenvalue weighted by molar-refractivity contribution is -0.134. The molecule has 0 saturated heterocycles. The van der Waals surface area contributed by atoms with Crippen molar-refractivity contribution in [3.63, 3.8) is 0 Å². The van der Waals surface area contributed by atoms with E-state index in [0.717, 1.165) is 6.92 Å². The average molecular weight is 194 g/mol. The molecule has 0 amide bonds. The molecule has 13 heavy (non-hydrogen) atoms. The molecule has 0 aromatic heterocycles. The van der Waals surface area contributed by atoms with Crippen molar-refractivity contribution in [3.8, 4) is 0 Å². The van der Waals surface area contributed by atoms with Gasteiger partial charge in [-0.3, -0.25) is 4.79 Å². The Balaban J connectivity index is 0. The van der Waals surface area contributed by atoms with Crippen molar-refractivity contribution in [1.82, 2.24) is 0 Å². The maximum absolute atomic E-state index is 9.81. The van der Waals surface area contributed by atoms with Crippen molar-refractivity contribution in [2.45, 2.75) is 20.0 Å². The molecule has 0 bridgehead atoms. The van der Waals surface area contributed by atoms with E-state index in [1.165, 1.54) is 7.11 Å². The molecule has 6 heteroatoms. The lowest BCUT2D eigenvalue weighted by atomic mass is 10.4. The molecule has 0 aliphatic rings. The Morgan fingerprint density at radius 1 is 1.38 bits per heavy atom. The smallest absolute Gasteiger partial charge is 0.481 e. The van der Waals surface area contributed by atoms with E-state index in [-0.39, 0.29) is 6.10 Å². The molecule has 0 aliphatic heterocycles. The van der Waals surface area contributed by atoms with E-state index in [2.05, 4.69) is 9.47 Å². The Bertz CT molecular complexity index is 151. The highest BCUT2D eigenvalue weighted by molar-refractivity contribution is 5.62. The summed E-state index contributed by atoms with van der Waals surface area (Å²) < 4.78 is 8.90. The van der Waals surface area contributed by atoms with Gasteiger partial charge >= 0.3 is 6.16 Å². The van der Waals surface area contributed by atoms with Crippen LogP contribution in [0.15, 0.2) is 0 Å². The van der Waals surface area contributed by atoms with Crippen LogP contribution >= 0.6 is 0 Å². The topological polar surface area (TPSA) is 93.1 Å². The summed E-state index contributed by atoms with van der Waals surface area (Å²) in [6, 6.07) is 0. The van der Waals surface area contributed by atoms with Gasteiger partial charge in [0.1, 0.15) is 6.10 Å². The van der Waals surface area contributed by atoms with E-state index in [9.17, 15) is 4.79 Å². The Morgan fingerprint density at radius 3 is 2.00 bits per heavy atom. The van der Waals surface area contributed by atoms with E-state index in [0.29, 0.717) is 6.61 Å². The largest absolute Gasteiger partial charge is 0.506 e. The van der Waals surface area contributed by atoms with Gasteiger partial charge in [-0.1, -0.05) is 0 Å². The van der Waals surface area contributed by atoms with Crippen LogP contribution in [0.25, 0.3) is 0 Å². The normalized spacial score (nSPS) is 10.7. The number of carboxylic acids is 1. The predicted molar refractivity (Wildman–Crippen MR) is 43.8 cm³/mol. The average Bonchev–Trinajstić information content (AvgIpc) is 1.83. The summed E-state index contributed by atoms with van der Waals surface area (Å²) >= 11 is 0. The number of ether oxygens (including phenoxy) is 2. The highest BCUT2D eigenvalue weighted by atomic mass is 16.7. The van der Waals surface area contributed by atoms with E-state index >= 15 is 0 Å². The maximum atomic E-state index is 9.81. The predicted octanol–water partition coefficient (Wildman–Crippen LogP) is 0.807. The van der Waals surface area contributed by atoms with Crippen LogP contribution in [0.4, 0.5) is 4.79 Å². The van der Waals surface area contributed by atoms with Crippen LogP contribution < -0.4 is 0 Å². The first-order valence-electron chi connectivity index (χ1n) is 3.48. The third-order valence-electron chi connectivity index (χ3n) is 0.703. The van der Waals surface area contributed by atoms with Crippen LogP contribution in [0, 0.1) is 0 Å². The molecular formula is C7H14O6. The van der Waals surface area contributed by atoms with Crippen LogP contribution in [-0.2, 0) is 14.3 Å². The summed E-state index contributed by atoms with van der Waals surface area (Å²) in [6.07, 6.45) is -1.65. The fraction of sp³-hybridized carbons (Fsp3) is 0.714. The van der Waals surface area contributed by atoms with Gasteiger partial charge in [0.2, 0.25) is 0 Å². The minimum Gasteiger partial charge on any atom is -0.481 e. The number of methoxy groups -OCH3 is 1. The van der Waals surface area contributed by atoms with E-state index < -0.39 is 12.1 Å². The standard InChI is InChI=1S/C5H10O4.C2H4O2/c1-4(3-8-2)9-5(6)7;1-2(3)4/h4H,3H2,1-2H3,(H,6,7);1H3,(H,3,4). The lowest BCUT2D eigenvalue weighted by Crippen LogP contribution is -2.17. The second-order valence-electron chi connectivity index (χ2n) is 2.17. The Kier molecular flexibility index (Phi) is 9.63. The van der Waals surface area contributed by atoms with Crippen LogP contribution in [0.3, 0.4) is 0 Å². The van der Waals surface area contributed by atoms with Gasteiger partial charge < -0.3 is 19.7 Å². The summed E-state index contributed by atoms with van der Waals surface area (Å²) in [7, 11) is 1.49. The van der Waals surface area contributed by atoms with E-state index in [1.807, 2.05) is 0 Å². The van der Waals surface area contributed by atoms with Gasteiger partial charge in [-0.25, -0.2) is 4.79 Å². The summed E-state index contributed by atoms with van der Waals surface area (Å²) in [5.41, 5.74) is 0. The third-order valence-corrected chi connectivity index (χ3v) is 0.703. The summed E-state index contributed by atoms with van der Waals surface area (Å²) in [5, 5.41) is 15.4. The number of hydrogen-bond donors (Lipinski definition) is 2. The zero-order chi connectivity index (χ0) is 10.9. The molecule has 6 nitrogen and oxygen atoms in total. The van der Waals surface area contributed by atoms with Gasteiger partial charge in [-0.2, -0.15) is 0 Å². The van der Waals surface area contributed by atoms with Crippen molar-refractivity contribution in [2.24, 2.45) is 0 Å². The van der Waals surface area contributed by atoms with Crippen molar-refractivity contribution >= 4 is 12.1 Å². The summed E-state index contributed by atoms with van der Waals surface area (Å²) in [5.74, 6) is -0.833. The molecule has 2 N–H and O–H groups in total. The first-order chi connectivity index (χ1) is 5.90. The molecule has 0 aliphatic carbocycles. The fourth-order valence-electron chi connectivity index (χ4n) is 0.441. The molecule has 1 atom stereocenters. The van der Waals surface area contributed by atoms with E-state index in [1.54, 1.807) is 6.92 Å². The first-order valence-corrected chi connectivity index (χ1v) is 3.48. The van der Waals surface area contributed by atoms with Gasteiger partial charge in [0.25, 0.3) is 5.97 Å². The Labute approximate surface area is 76.1 Å². The molecule has 0 fully saturated rings. The molecule has 0 saturated carbocycles. The third kappa shape index (κ3) is 24.9. The minimum atomic E-state index is -1.26. The monoisotopic (exact) mass is 194 g/mol. The van der Waals surface area contributed by atoms with Crippen molar-refractivity contribution in [2.75, 3.05) is 13.7 Å². The van der Waals surface area contributed by atoms with Crippen molar-refractivity contribution in [3.05, 3.63) is 0 Å². The van der Waals surface area contributed by atoms with Gasteiger partial charge in [0.05, 0.1) is 6.61 Å². The molecule has 0 heterocycles. The second-order valence-corrected chi connectivity index (χ2v) is 2.17. The number of aliphatic carboxylic acids is 1. The van der Waals surface area contributed by atoms with Crippen LogP contribution in [0.1, 0.15) is 13.8 Å². The molecule has 0 rings (SSSR count). The van der Waals surface area contributed by atoms with Gasteiger partial charge in [-0.15, -0.1) is 0 Å². The Hall–Kier alpha value is -1.30. The molecule has 78 valence electrons. The fourth-order valence-corrected chi connectivity index (χ4v) is 0.441. The first kappa shape index (κ1) is 14.2. The molecule has 0 radical (unpaired) electrons.